The topological polar surface area (TPSA) is 50.9 Å². The molecule has 0 radical (unpaired) electrons. The second kappa shape index (κ2) is 4.74. The van der Waals surface area contributed by atoms with Crippen LogP contribution in [0.4, 0.5) is 0 Å². The Morgan fingerprint density at radius 3 is 2.69 bits per heavy atom. The molecule has 0 saturated carbocycles. The molecule has 0 aliphatic rings. The van der Waals surface area contributed by atoms with Crippen LogP contribution < -0.4 is 11.3 Å². The molecule has 0 fully saturated rings. The first-order chi connectivity index (χ1) is 7.72. The standard InChI is InChI=1S/C12H15N3S/c1-8-3-4-10(5-9(8)2)12(15-13)11-6-14-7-16-11/h3-7,12,15H,13H2,1-2H3. The van der Waals surface area contributed by atoms with Crippen molar-refractivity contribution in [1.29, 1.82) is 0 Å². The van der Waals surface area contributed by atoms with Gasteiger partial charge in [0.05, 0.1) is 11.6 Å². The smallest absolute Gasteiger partial charge is 0.0818 e. The van der Waals surface area contributed by atoms with E-state index in [0.717, 1.165) is 4.88 Å². The van der Waals surface area contributed by atoms with E-state index in [1.165, 1.54) is 16.7 Å². The third-order valence-electron chi connectivity index (χ3n) is 2.77. The lowest BCUT2D eigenvalue weighted by Gasteiger charge is -2.15. The van der Waals surface area contributed by atoms with Gasteiger partial charge in [0.1, 0.15) is 0 Å². The number of hydrogen-bond acceptors (Lipinski definition) is 4. The van der Waals surface area contributed by atoms with Gasteiger partial charge in [0.25, 0.3) is 0 Å². The number of hydrogen-bond donors (Lipinski definition) is 2. The van der Waals surface area contributed by atoms with Crippen molar-refractivity contribution in [2.24, 2.45) is 5.84 Å². The molecule has 2 rings (SSSR count). The van der Waals surface area contributed by atoms with Crippen LogP contribution in [0.25, 0.3) is 0 Å². The van der Waals surface area contributed by atoms with Gasteiger partial charge < -0.3 is 0 Å². The van der Waals surface area contributed by atoms with Crippen molar-refractivity contribution in [1.82, 2.24) is 10.4 Å². The Kier molecular flexibility index (Phi) is 3.33. The Bertz CT molecular complexity index is 465. The molecule has 0 aliphatic heterocycles. The van der Waals surface area contributed by atoms with Crippen molar-refractivity contribution in [2.45, 2.75) is 19.9 Å². The Labute approximate surface area is 99.3 Å². The Hall–Kier alpha value is -1.23. The van der Waals surface area contributed by atoms with E-state index >= 15 is 0 Å². The predicted molar refractivity (Wildman–Crippen MR) is 67.2 cm³/mol. The van der Waals surface area contributed by atoms with Gasteiger partial charge in [0.2, 0.25) is 0 Å². The van der Waals surface area contributed by atoms with Crippen molar-refractivity contribution in [2.75, 3.05) is 0 Å². The number of nitrogens with two attached hydrogens (primary N) is 1. The fourth-order valence-corrected chi connectivity index (χ4v) is 2.36. The fraction of sp³-hybridized carbons (Fsp3) is 0.250. The monoisotopic (exact) mass is 233 g/mol. The van der Waals surface area contributed by atoms with Crippen LogP contribution in [-0.2, 0) is 0 Å². The third kappa shape index (κ3) is 2.14. The molecule has 1 aromatic carbocycles. The number of benzene rings is 1. The molecular weight excluding hydrogens is 218 g/mol. The average molecular weight is 233 g/mol. The summed E-state index contributed by atoms with van der Waals surface area (Å²) in [5.74, 6) is 5.61. The van der Waals surface area contributed by atoms with Gasteiger partial charge in [-0.3, -0.25) is 10.8 Å². The minimum Gasteiger partial charge on any atom is -0.271 e. The van der Waals surface area contributed by atoms with Gasteiger partial charge >= 0.3 is 0 Å². The zero-order valence-electron chi connectivity index (χ0n) is 9.40. The summed E-state index contributed by atoms with van der Waals surface area (Å²) in [5, 5.41) is 0. The Balaban J connectivity index is 2.37. The largest absolute Gasteiger partial charge is 0.271 e. The number of nitrogens with one attached hydrogen (secondary N) is 1. The summed E-state index contributed by atoms with van der Waals surface area (Å²) >= 11 is 1.61. The maximum absolute atomic E-state index is 5.61. The van der Waals surface area contributed by atoms with Crippen LogP contribution in [0.3, 0.4) is 0 Å². The molecule has 1 unspecified atom stereocenters. The van der Waals surface area contributed by atoms with Crippen LogP contribution in [0.1, 0.15) is 27.6 Å². The van der Waals surface area contributed by atoms with E-state index in [1.807, 2.05) is 11.7 Å². The van der Waals surface area contributed by atoms with Crippen molar-refractivity contribution >= 4 is 11.3 Å². The van der Waals surface area contributed by atoms with E-state index in [0.29, 0.717) is 0 Å². The minimum absolute atomic E-state index is 0.0341. The van der Waals surface area contributed by atoms with Crippen LogP contribution in [-0.4, -0.2) is 4.98 Å². The van der Waals surface area contributed by atoms with Gasteiger partial charge in [0, 0.05) is 11.1 Å². The zero-order chi connectivity index (χ0) is 11.5. The van der Waals surface area contributed by atoms with Crippen LogP contribution in [0, 0.1) is 13.8 Å². The molecule has 16 heavy (non-hydrogen) atoms. The van der Waals surface area contributed by atoms with E-state index < -0.39 is 0 Å². The number of aromatic nitrogens is 1. The molecule has 0 spiro atoms. The summed E-state index contributed by atoms with van der Waals surface area (Å²) in [6.07, 6.45) is 1.85. The van der Waals surface area contributed by atoms with Crippen LogP contribution in [0.15, 0.2) is 29.9 Å². The molecule has 0 amide bonds. The van der Waals surface area contributed by atoms with E-state index in [1.54, 1.807) is 11.3 Å². The van der Waals surface area contributed by atoms with Crippen molar-refractivity contribution in [3.8, 4) is 0 Å². The lowest BCUT2D eigenvalue weighted by atomic mass is 10.0. The summed E-state index contributed by atoms with van der Waals surface area (Å²) in [4.78, 5) is 5.21. The maximum Gasteiger partial charge on any atom is 0.0818 e. The first kappa shape index (κ1) is 11.3. The molecule has 0 bridgehead atoms. The number of hydrazine groups is 1. The van der Waals surface area contributed by atoms with Crippen LogP contribution in [0.5, 0.6) is 0 Å². The molecule has 2 aromatic rings. The minimum atomic E-state index is 0.0341. The van der Waals surface area contributed by atoms with Gasteiger partial charge in [-0.25, -0.2) is 5.43 Å². The molecule has 1 atom stereocenters. The average Bonchev–Trinajstić information content (AvgIpc) is 2.78. The summed E-state index contributed by atoms with van der Waals surface area (Å²) < 4.78 is 0. The van der Waals surface area contributed by atoms with Gasteiger partial charge in [-0.05, 0) is 30.5 Å². The normalized spacial score (nSPS) is 12.7. The van der Waals surface area contributed by atoms with E-state index in [-0.39, 0.29) is 6.04 Å². The van der Waals surface area contributed by atoms with Crippen molar-refractivity contribution < 1.29 is 0 Å². The summed E-state index contributed by atoms with van der Waals surface area (Å²) in [6.45, 7) is 4.22. The molecule has 1 aromatic heterocycles. The molecule has 0 aliphatic carbocycles. The predicted octanol–water partition coefficient (Wildman–Crippen LogP) is 2.31. The summed E-state index contributed by atoms with van der Waals surface area (Å²) in [5.41, 5.74) is 8.41. The SMILES string of the molecule is Cc1ccc(C(NN)c2cncs2)cc1C. The highest BCUT2D eigenvalue weighted by Crippen LogP contribution is 2.25. The molecule has 3 N–H and O–H groups in total. The lowest BCUT2D eigenvalue weighted by molar-refractivity contribution is 0.645. The van der Waals surface area contributed by atoms with Gasteiger partial charge in [-0.15, -0.1) is 11.3 Å². The molecule has 0 saturated heterocycles. The van der Waals surface area contributed by atoms with E-state index in [2.05, 4.69) is 42.5 Å². The molecule has 4 heteroatoms. The lowest BCUT2D eigenvalue weighted by Crippen LogP contribution is -2.28. The first-order valence-electron chi connectivity index (χ1n) is 5.14. The fourth-order valence-electron chi connectivity index (χ4n) is 1.65. The Morgan fingerprint density at radius 2 is 2.12 bits per heavy atom. The van der Waals surface area contributed by atoms with Gasteiger partial charge in [0.15, 0.2) is 0 Å². The second-order valence-corrected chi connectivity index (χ2v) is 4.77. The number of aryl methyl sites for hydroxylation is 2. The maximum atomic E-state index is 5.61. The zero-order valence-corrected chi connectivity index (χ0v) is 10.2. The number of thiazole rings is 1. The number of rotatable bonds is 3. The van der Waals surface area contributed by atoms with Crippen molar-refractivity contribution in [3.05, 3.63) is 51.5 Å². The van der Waals surface area contributed by atoms with E-state index in [4.69, 9.17) is 5.84 Å². The molecule has 3 nitrogen and oxygen atoms in total. The highest BCUT2D eigenvalue weighted by Gasteiger charge is 2.14. The van der Waals surface area contributed by atoms with Gasteiger partial charge in [-0.2, -0.15) is 0 Å². The summed E-state index contributed by atoms with van der Waals surface area (Å²) in [6, 6.07) is 6.43. The molecule has 84 valence electrons. The van der Waals surface area contributed by atoms with Gasteiger partial charge in [-0.1, -0.05) is 18.2 Å². The summed E-state index contributed by atoms with van der Waals surface area (Å²) in [7, 11) is 0. The third-order valence-corrected chi connectivity index (χ3v) is 3.61. The Morgan fingerprint density at radius 1 is 1.31 bits per heavy atom. The van der Waals surface area contributed by atoms with Crippen molar-refractivity contribution in [3.63, 3.8) is 0 Å². The molecular formula is C12H15N3S. The highest BCUT2D eigenvalue weighted by atomic mass is 32.1. The quantitative estimate of drug-likeness (QED) is 0.632. The first-order valence-corrected chi connectivity index (χ1v) is 6.02. The van der Waals surface area contributed by atoms with Crippen LogP contribution >= 0.6 is 11.3 Å². The molecule has 1 heterocycles. The van der Waals surface area contributed by atoms with Crippen LogP contribution in [0.2, 0.25) is 0 Å². The highest BCUT2D eigenvalue weighted by molar-refractivity contribution is 7.09. The number of nitrogens with zero attached hydrogens (tertiary/aromatic N) is 1. The second-order valence-electron chi connectivity index (χ2n) is 3.85. The van der Waals surface area contributed by atoms with E-state index in [9.17, 15) is 0 Å².